The van der Waals surface area contributed by atoms with Crippen molar-refractivity contribution in [1.82, 2.24) is 0 Å². The molecule has 0 aliphatic heterocycles. The van der Waals surface area contributed by atoms with E-state index in [2.05, 4.69) is 12.6 Å². The maximum Gasteiger partial charge on any atom is 0.132 e. The van der Waals surface area contributed by atoms with Gasteiger partial charge in [-0.1, -0.05) is 0 Å². The van der Waals surface area contributed by atoms with Crippen molar-refractivity contribution in [2.45, 2.75) is 25.2 Å². The summed E-state index contributed by atoms with van der Waals surface area (Å²) in [5, 5.41) is 27.9. The second kappa shape index (κ2) is 6.30. The van der Waals surface area contributed by atoms with Gasteiger partial charge in [0.25, 0.3) is 0 Å². The number of rotatable bonds is 5. The Bertz CT molecular complexity index is 364. The summed E-state index contributed by atoms with van der Waals surface area (Å²) in [6.45, 7) is -0.757. The molecule has 3 nitrogen and oxygen atoms in total. The Kier molecular flexibility index (Phi) is 5.32. The van der Waals surface area contributed by atoms with Gasteiger partial charge in [-0.25, -0.2) is 8.78 Å². The summed E-state index contributed by atoms with van der Waals surface area (Å²) < 4.78 is 26.6. The molecule has 1 rings (SSSR count). The van der Waals surface area contributed by atoms with Gasteiger partial charge in [0, 0.05) is 5.56 Å². The molecule has 96 valence electrons. The Balaban J connectivity index is 2.99. The first kappa shape index (κ1) is 14.4. The van der Waals surface area contributed by atoms with Crippen LogP contribution < -0.4 is 0 Å². The Hall–Kier alpha value is -0.690. The van der Waals surface area contributed by atoms with E-state index in [1.807, 2.05) is 0 Å². The summed E-state index contributed by atoms with van der Waals surface area (Å²) in [7, 11) is 0. The number of benzene rings is 1. The smallest absolute Gasteiger partial charge is 0.132 e. The highest BCUT2D eigenvalue weighted by atomic mass is 32.1. The van der Waals surface area contributed by atoms with E-state index in [1.54, 1.807) is 0 Å². The second-order valence-corrected chi connectivity index (χ2v) is 4.09. The van der Waals surface area contributed by atoms with E-state index in [1.165, 1.54) is 0 Å². The third-order valence-corrected chi connectivity index (χ3v) is 2.71. The van der Waals surface area contributed by atoms with E-state index >= 15 is 0 Å². The Morgan fingerprint density at radius 2 is 1.71 bits per heavy atom. The summed E-state index contributed by atoms with van der Waals surface area (Å²) in [4.78, 5) is 0. The van der Waals surface area contributed by atoms with Crippen LogP contribution >= 0.6 is 12.6 Å². The molecule has 0 radical (unpaired) electrons. The SMILES string of the molecule is OCc1c(F)cc(C(O)C(O)CCS)cc1F. The van der Waals surface area contributed by atoms with Crippen molar-refractivity contribution in [3.8, 4) is 0 Å². The van der Waals surface area contributed by atoms with Crippen LogP contribution in [0.25, 0.3) is 0 Å². The molecule has 0 bridgehead atoms. The molecule has 2 atom stereocenters. The maximum absolute atomic E-state index is 13.3. The molecule has 0 heterocycles. The summed E-state index contributed by atoms with van der Waals surface area (Å²) in [5.74, 6) is -1.54. The first-order chi connectivity index (χ1) is 8.01. The van der Waals surface area contributed by atoms with Crippen LogP contribution in [0.4, 0.5) is 8.78 Å². The molecule has 1 aromatic carbocycles. The van der Waals surface area contributed by atoms with Crippen molar-refractivity contribution in [2.75, 3.05) is 5.75 Å². The molecule has 17 heavy (non-hydrogen) atoms. The molecule has 0 aromatic heterocycles. The zero-order valence-corrected chi connectivity index (χ0v) is 9.87. The van der Waals surface area contributed by atoms with Gasteiger partial charge in [0.2, 0.25) is 0 Å². The molecule has 2 unspecified atom stereocenters. The van der Waals surface area contributed by atoms with Crippen molar-refractivity contribution in [3.05, 3.63) is 34.9 Å². The second-order valence-electron chi connectivity index (χ2n) is 3.65. The Morgan fingerprint density at radius 3 is 2.12 bits per heavy atom. The van der Waals surface area contributed by atoms with Crippen molar-refractivity contribution in [3.63, 3.8) is 0 Å². The van der Waals surface area contributed by atoms with Crippen LogP contribution in [0.5, 0.6) is 0 Å². The lowest BCUT2D eigenvalue weighted by Gasteiger charge is -2.18. The normalized spacial score (nSPS) is 14.7. The van der Waals surface area contributed by atoms with Crippen molar-refractivity contribution in [1.29, 1.82) is 0 Å². The van der Waals surface area contributed by atoms with E-state index in [9.17, 15) is 19.0 Å². The highest BCUT2D eigenvalue weighted by molar-refractivity contribution is 7.80. The number of halogens is 2. The first-order valence-electron chi connectivity index (χ1n) is 5.07. The molecule has 0 aliphatic carbocycles. The van der Waals surface area contributed by atoms with Crippen LogP contribution in [0.3, 0.4) is 0 Å². The molecular weight excluding hydrogens is 250 g/mol. The van der Waals surface area contributed by atoms with E-state index in [0.717, 1.165) is 12.1 Å². The lowest BCUT2D eigenvalue weighted by atomic mass is 10.0. The van der Waals surface area contributed by atoms with Crippen LogP contribution in [-0.4, -0.2) is 27.2 Å². The largest absolute Gasteiger partial charge is 0.391 e. The van der Waals surface area contributed by atoms with E-state index in [0.29, 0.717) is 5.75 Å². The number of hydrogen-bond acceptors (Lipinski definition) is 4. The van der Waals surface area contributed by atoms with Gasteiger partial charge in [0.1, 0.15) is 17.7 Å². The summed E-state index contributed by atoms with van der Waals surface area (Å²) in [5.41, 5.74) is -0.517. The predicted octanol–water partition coefficient (Wildman–Crippen LogP) is 1.17. The average Bonchev–Trinajstić information content (AvgIpc) is 2.27. The van der Waals surface area contributed by atoms with E-state index in [4.69, 9.17) is 5.11 Å². The molecule has 0 saturated carbocycles. The quantitative estimate of drug-likeness (QED) is 0.604. The molecule has 0 fully saturated rings. The van der Waals surface area contributed by atoms with Crippen LogP contribution in [0, 0.1) is 11.6 Å². The molecule has 3 N–H and O–H groups in total. The van der Waals surface area contributed by atoms with E-state index < -0.39 is 36.0 Å². The third kappa shape index (κ3) is 3.38. The molecule has 0 aliphatic rings. The lowest BCUT2D eigenvalue weighted by Crippen LogP contribution is -2.19. The van der Waals surface area contributed by atoms with Gasteiger partial charge >= 0.3 is 0 Å². The summed E-state index contributed by atoms with van der Waals surface area (Å²) in [6, 6.07) is 1.81. The van der Waals surface area contributed by atoms with Gasteiger partial charge in [-0.15, -0.1) is 0 Å². The summed E-state index contributed by atoms with van der Waals surface area (Å²) >= 11 is 3.89. The van der Waals surface area contributed by atoms with Gasteiger partial charge in [-0.3, -0.25) is 0 Å². The number of thiol groups is 1. The van der Waals surface area contributed by atoms with Crippen molar-refractivity contribution in [2.24, 2.45) is 0 Å². The minimum absolute atomic E-state index is 0.0634. The molecule has 0 saturated heterocycles. The maximum atomic E-state index is 13.3. The zero-order chi connectivity index (χ0) is 13.0. The van der Waals surface area contributed by atoms with Crippen LogP contribution in [0.15, 0.2) is 12.1 Å². The fourth-order valence-electron chi connectivity index (χ4n) is 1.46. The first-order valence-corrected chi connectivity index (χ1v) is 5.70. The molecule has 6 heteroatoms. The van der Waals surface area contributed by atoms with E-state index in [-0.39, 0.29) is 12.0 Å². The minimum atomic E-state index is -1.38. The molecule has 0 spiro atoms. The highest BCUT2D eigenvalue weighted by Gasteiger charge is 2.20. The average molecular weight is 264 g/mol. The molecule has 0 amide bonds. The van der Waals surface area contributed by atoms with Gasteiger partial charge in [0.05, 0.1) is 12.7 Å². The summed E-state index contributed by atoms with van der Waals surface area (Å²) in [6.07, 6.45) is -2.31. The van der Waals surface area contributed by atoms with Gasteiger partial charge in [-0.2, -0.15) is 12.6 Å². The topological polar surface area (TPSA) is 60.7 Å². The fourth-order valence-corrected chi connectivity index (χ4v) is 1.72. The fraction of sp³-hybridized carbons (Fsp3) is 0.455. The van der Waals surface area contributed by atoms with Gasteiger partial charge in [0.15, 0.2) is 0 Å². The number of hydrogen-bond donors (Lipinski definition) is 4. The standard InChI is InChI=1S/C11H14F2O3S/c12-8-3-6(4-9(13)7(8)5-14)11(16)10(15)1-2-17/h3-4,10-11,14-17H,1-2,5H2. The minimum Gasteiger partial charge on any atom is -0.391 e. The third-order valence-electron chi connectivity index (χ3n) is 2.45. The molecular formula is C11H14F2O3S. The van der Waals surface area contributed by atoms with Crippen molar-refractivity contribution < 1.29 is 24.1 Å². The number of aliphatic hydroxyl groups excluding tert-OH is 3. The zero-order valence-electron chi connectivity index (χ0n) is 8.98. The predicted molar refractivity (Wildman–Crippen MR) is 61.7 cm³/mol. The number of aliphatic hydroxyl groups is 3. The molecule has 1 aromatic rings. The van der Waals surface area contributed by atoms with Crippen molar-refractivity contribution >= 4 is 12.6 Å². The highest BCUT2D eigenvalue weighted by Crippen LogP contribution is 2.24. The van der Waals surface area contributed by atoms with Gasteiger partial charge in [-0.05, 0) is 29.9 Å². The monoisotopic (exact) mass is 264 g/mol. The van der Waals surface area contributed by atoms with Crippen LogP contribution in [0.2, 0.25) is 0 Å². The lowest BCUT2D eigenvalue weighted by molar-refractivity contribution is 0.0168. The van der Waals surface area contributed by atoms with Crippen LogP contribution in [0.1, 0.15) is 23.7 Å². The van der Waals surface area contributed by atoms with Gasteiger partial charge < -0.3 is 15.3 Å². The Morgan fingerprint density at radius 1 is 1.18 bits per heavy atom. The van der Waals surface area contributed by atoms with Crippen LogP contribution in [-0.2, 0) is 6.61 Å². The Labute approximate surface area is 103 Å².